The molecular formula is C23H21N5O2. The van der Waals surface area contributed by atoms with Crippen LogP contribution in [0.2, 0.25) is 0 Å². The number of hydrogen-bond donors (Lipinski definition) is 2. The lowest BCUT2D eigenvalue weighted by Gasteiger charge is -2.25. The summed E-state index contributed by atoms with van der Waals surface area (Å²) in [5.74, 6) is 1.05. The van der Waals surface area contributed by atoms with E-state index < -0.39 is 0 Å². The lowest BCUT2D eigenvalue weighted by atomic mass is 9.92. The van der Waals surface area contributed by atoms with E-state index in [2.05, 4.69) is 16.0 Å². The summed E-state index contributed by atoms with van der Waals surface area (Å²) in [5.41, 5.74) is 10.6. The summed E-state index contributed by atoms with van der Waals surface area (Å²) in [6.45, 7) is 0. The first-order chi connectivity index (χ1) is 14.6. The Hall–Kier alpha value is -3.92. The number of rotatable bonds is 5. The van der Waals surface area contributed by atoms with E-state index in [1.54, 1.807) is 42.7 Å². The van der Waals surface area contributed by atoms with E-state index >= 15 is 0 Å². The number of nitrogens with zero attached hydrogens (tertiary/aromatic N) is 3. The number of ether oxygens (including phenoxy) is 2. The third kappa shape index (κ3) is 3.80. The number of anilines is 1. The minimum absolute atomic E-state index is 0.201. The van der Waals surface area contributed by atoms with Crippen molar-refractivity contribution in [1.82, 2.24) is 9.97 Å². The second-order valence-corrected chi connectivity index (χ2v) is 7.09. The van der Waals surface area contributed by atoms with Crippen LogP contribution in [0.15, 0.2) is 48.8 Å². The lowest BCUT2D eigenvalue weighted by molar-refractivity contribution is 0.178. The molecule has 7 nitrogen and oxygen atoms in total. The highest BCUT2D eigenvalue weighted by Crippen LogP contribution is 2.34. The Kier molecular flexibility index (Phi) is 5.31. The maximum absolute atomic E-state index is 9.11. The van der Waals surface area contributed by atoms with Gasteiger partial charge in [0.15, 0.2) is 0 Å². The summed E-state index contributed by atoms with van der Waals surface area (Å²) < 4.78 is 11.4. The molecule has 0 fully saturated rings. The smallest absolute Gasteiger partial charge is 0.213 e. The van der Waals surface area contributed by atoms with Gasteiger partial charge in [0.05, 0.1) is 24.1 Å². The van der Waals surface area contributed by atoms with Crippen LogP contribution in [0.5, 0.6) is 11.6 Å². The van der Waals surface area contributed by atoms with Crippen molar-refractivity contribution < 1.29 is 9.47 Å². The molecule has 1 atom stereocenters. The van der Waals surface area contributed by atoms with E-state index in [1.165, 1.54) is 7.11 Å². The number of hydrogen-bond acceptors (Lipinski definition) is 7. The molecule has 2 heterocycles. The second kappa shape index (κ2) is 8.21. The van der Waals surface area contributed by atoms with E-state index in [0.717, 1.165) is 30.5 Å². The Morgan fingerprint density at radius 2 is 2.10 bits per heavy atom. The van der Waals surface area contributed by atoms with Gasteiger partial charge in [-0.25, -0.2) is 4.98 Å². The van der Waals surface area contributed by atoms with Crippen molar-refractivity contribution in [2.24, 2.45) is 0 Å². The zero-order valence-electron chi connectivity index (χ0n) is 16.6. The molecule has 0 aliphatic heterocycles. The standard InChI is InChI=1S/C23H21N5O2/c1-29-21-10-15(7-8-27-21)22(26)18-11-17(5-6-19(18)25)30-20-4-2-3-16-9-14(12-24)13-28-23(16)20/h5-11,13,20,26H,2-4,25H2,1H3. The van der Waals surface area contributed by atoms with Crippen LogP contribution in [-0.4, -0.2) is 22.8 Å². The molecule has 3 N–H and O–H groups in total. The molecule has 30 heavy (non-hydrogen) atoms. The number of fused-ring (bicyclic) bond motifs is 1. The van der Waals surface area contributed by atoms with Gasteiger partial charge in [0, 0.05) is 35.3 Å². The van der Waals surface area contributed by atoms with Crippen LogP contribution in [0, 0.1) is 16.7 Å². The number of aromatic nitrogens is 2. The molecule has 0 amide bonds. The third-order valence-corrected chi connectivity index (χ3v) is 5.15. The highest BCUT2D eigenvalue weighted by atomic mass is 16.5. The fraction of sp³-hybridized carbons (Fsp3) is 0.217. The highest BCUT2D eigenvalue weighted by molar-refractivity contribution is 6.14. The Bertz CT molecular complexity index is 1150. The quantitative estimate of drug-likeness (QED) is 0.497. The van der Waals surface area contributed by atoms with Crippen LogP contribution in [0.1, 0.15) is 46.9 Å². The van der Waals surface area contributed by atoms with Gasteiger partial charge in [-0.1, -0.05) is 0 Å². The van der Waals surface area contributed by atoms with Crippen LogP contribution in [0.4, 0.5) is 5.69 Å². The van der Waals surface area contributed by atoms with Crippen LogP contribution < -0.4 is 15.2 Å². The van der Waals surface area contributed by atoms with Gasteiger partial charge in [-0.2, -0.15) is 5.26 Å². The van der Waals surface area contributed by atoms with Gasteiger partial charge in [0.25, 0.3) is 0 Å². The van der Waals surface area contributed by atoms with E-state index in [0.29, 0.717) is 34.0 Å². The van der Waals surface area contributed by atoms with Crippen molar-refractivity contribution in [2.75, 3.05) is 12.8 Å². The summed E-state index contributed by atoms with van der Waals surface area (Å²) in [6, 6.07) is 12.8. The zero-order chi connectivity index (χ0) is 21.1. The molecule has 150 valence electrons. The van der Waals surface area contributed by atoms with Crippen LogP contribution in [0.25, 0.3) is 0 Å². The number of nitrogens with two attached hydrogens (primary N) is 1. The van der Waals surface area contributed by atoms with Crippen molar-refractivity contribution in [1.29, 1.82) is 10.7 Å². The fourth-order valence-electron chi connectivity index (χ4n) is 3.62. The minimum atomic E-state index is -0.201. The average molecular weight is 399 g/mol. The van der Waals surface area contributed by atoms with Crippen LogP contribution in [0.3, 0.4) is 0 Å². The summed E-state index contributed by atoms with van der Waals surface area (Å²) in [7, 11) is 1.54. The van der Waals surface area contributed by atoms with Gasteiger partial charge in [-0.05, 0) is 55.2 Å². The van der Waals surface area contributed by atoms with Gasteiger partial charge in [-0.3, -0.25) is 10.4 Å². The summed E-state index contributed by atoms with van der Waals surface area (Å²) >= 11 is 0. The number of aryl methyl sites for hydroxylation is 1. The first-order valence-electron chi connectivity index (χ1n) is 9.63. The molecule has 0 spiro atoms. The first kappa shape index (κ1) is 19.4. The highest BCUT2D eigenvalue weighted by Gasteiger charge is 2.24. The molecule has 1 aliphatic rings. The number of nitrogen functional groups attached to an aromatic ring is 1. The molecule has 4 rings (SSSR count). The molecule has 7 heteroatoms. The number of nitrogens with one attached hydrogen (secondary N) is 1. The maximum Gasteiger partial charge on any atom is 0.213 e. The van der Waals surface area contributed by atoms with Crippen molar-refractivity contribution in [3.63, 3.8) is 0 Å². The number of nitriles is 1. The van der Waals surface area contributed by atoms with Crippen LogP contribution >= 0.6 is 0 Å². The maximum atomic E-state index is 9.11. The Balaban J connectivity index is 1.62. The monoisotopic (exact) mass is 399 g/mol. The molecule has 2 aromatic heterocycles. The molecule has 1 aliphatic carbocycles. The van der Waals surface area contributed by atoms with Gasteiger partial charge in [0.1, 0.15) is 17.9 Å². The topological polar surface area (TPSA) is 118 Å². The van der Waals surface area contributed by atoms with Gasteiger partial charge in [-0.15, -0.1) is 0 Å². The lowest BCUT2D eigenvalue weighted by Crippen LogP contribution is -2.17. The summed E-state index contributed by atoms with van der Waals surface area (Å²) in [6.07, 6.45) is 5.67. The largest absolute Gasteiger partial charge is 0.484 e. The predicted molar refractivity (Wildman–Crippen MR) is 113 cm³/mol. The molecule has 0 bridgehead atoms. The van der Waals surface area contributed by atoms with Gasteiger partial charge >= 0.3 is 0 Å². The molecule has 1 aromatic carbocycles. The Morgan fingerprint density at radius 3 is 2.90 bits per heavy atom. The van der Waals surface area contributed by atoms with Crippen LogP contribution in [-0.2, 0) is 6.42 Å². The normalized spacial score (nSPS) is 15.0. The van der Waals surface area contributed by atoms with E-state index in [9.17, 15) is 0 Å². The molecule has 0 saturated carbocycles. The second-order valence-electron chi connectivity index (χ2n) is 7.09. The van der Waals surface area contributed by atoms with Crippen molar-refractivity contribution in [3.05, 3.63) is 76.7 Å². The average Bonchev–Trinajstić information content (AvgIpc) is 2.79. The minimum Gasteiger partial charge on any atom is -0.484 e. The van der Waals surface area contributed by atoms with Gasteiger partial charge < -0.3 is 15.2 Å². The third-order valence-electron chi connectivity index (χ3n) is 5.15. The molecular weight excluding hydrogens is 378 g/mol. The number of benzene rings is 1. The van der Waals surface area contributed by atoms with Gasteiger partial charge in [0.2, 0.25) is 5.88 Å². The summed E-state index contributed by atoms with van der Waals surface area (Å²) in [4.78, 5) is 8.56. The Morgan fingerprint density at radius 1 is 1.23 bits per heavy atom. The molecule has 1 unspecified atom stereocenters. The molecule has 0 radical (unpaired) electrons. The van der Waals surface area contributed by atoms with E-state index in [-0.39, 0.29) is 11.8 Å². The number of methoxy groups -OCH3 is 1. The fourth-order valence-corrected chi connectivity index (χ4v) is 3.62. The van der Waals surface area contributed by atoms with E-state index in [4.69, 9.17) is 25.9 Å². The SMILES string of the molecule is COc1cc(C(=N)c2cc(OC3CCCc4cc(C#N)cnc43)ccc2N)ccn1. The number of pyridine rings is 2. The first-order valence-corrected chi connectivity index (χ1v) is 9.63. The zero-order valence-corrected chi connectivity index (χ0v) is 16.6. The van der Waals surface area contributed by atoms with E-state index in [1.807, 2.05) is 6.07 Å². The van der Waals surface area contributed by atoms with Crippen molar-refractivity contribution >= 4 is 11.4 Å². The van der Waals surface area contributed by atoms with Crippen molar-refractivity contribution in [3.8, 4) is 17.7 Å². The summed E-state index contributed by atoms with van der Waals surface area (Å²) in [5, 5.41) is 17.7. The molecule has 0 saturated heterocycles. The Labute approximate surface area is 174 Å². The van der Waals surface area contributed by atoms with Crippen molar-refractivity contribution in [2.45, 2.75) is 25.4 Å². The molecule has 3 aromatic rings. The predicted octanol–water partition coefficient (Wildman–Crippen LogP) is 3.81.